The second-order valence-corrected chi connectivity index (χ2v) is 8.61. The van der Waals surface area contributed by atoms with Gasteiger partial charge in [0.2, 0.25) is 12.7 Å². The average Bonchev–Trinajstić information content (AvgIpc) is 3.49. The summed E-state index contributed by atoms with van der Waals surface area (Å²) in [6, 6.07) is 15.0. The standard InChI is InChI=1S/C26H20F3NO4/c27-26(28,29)20-9-15(8-18(12-20)16-2-1-3-17(11-16)24(30)32)10-23(31)25(6-7-25)19-4-5-21-22(13-19)34-14-33-21/h1-5,8-9,11-13H,6-7,10,14H2,(H2,30,32). The SMILES string of the molecule is NC(=O)c1cccc(-c2cc(CC(=O)C3(c4ccc5c(c4)OCO5)CC3)cc(C(F)(F)F)c2)c1. The van der Waals surface area contributed by atoms with Crippen LogP contribution in [0.3, 0.4) is 0 Å². The minimum Gasteiger partial charge on any atom is -0.454 e. The van der Waals surface area contributed by atoms with Crippen molar-refractivity contribution in [1.29, 1.82) is 0 Å². The van der Waals surface area contributed by atoms with Crippen LogP contribution in [0.25, 0.3) is 11.1 Å². The fourth-order valence-corrected chi connectivity index (χ4v) is 4.38. The van der Waals surface area contributed by atoms with Crippen molar-refractivity contribution in [2.45, 2.75) is 30.9 Å². The summed E-state index contributed by atoms with van der Waals surface area (Å²) < 4.78 is 51.7. The van der Waals surface area contributed by atoms with Crippen LogP contribution in [0, 0.1) is 0 Å². The number of primary amides is 1. The first-order valence-corrected chi connectivity index (χ1v) is 10.7. The molecule has 3 aromatic rings. The van der Waals surface area contributed by atoms with Gasteiger partial charge in [0.05, 0.1) is 11.0 Å². The fourth-order valence-electron chi connectivity index (χ4n) is 4.38. The molecule has 0 aromatic heterocycles. The molecule has 0 saturated heterocycles. The monoisotopic (exact) mass is 467 g/mol. The predicted molar refractivity (Wildman–Crippen MR) is 118 cm³/mol. The van der Waals surface area contributed by atoms with E-state index < -0.39 is 23.1 Å². The first-order valence-electron chi connectivity index (χ1n) is 10.7. The molecule has 1 aliphatic heterocycles. The molecule has 5 nitrogen and oxygen atoms in total. The van der Waals surface area contributed by atoms with Crippen LogP contribution in [0.1, 0.15) is 39.9 Å². The van der Waals surface area contributed by atoms with Gasteiger partial charge in [0, 0.05) is 12.0 Å². The Balaban J connectivity index is 1.49. The van der Waals surface area contributed by atoms with Gasteiger partial charge < -0.3 is 15.2 Å². The zero-order valence-corrected chi connectivity index (χ0v) is 17.9. The number of Topliss-reactive ketones (excluding diaryl/α,β-unsaturated/α-hetero) is 1. The number of fused-ring (bicyclic) bond motifs is 1. The second kappa shape index (κ2) is 7.90. The van der Waals surface area contributed by atoms with Gasteiger partial charge in [0.25, 0.3) is 0 Å². The fraction of sp³-hybridized carbons (Fsp3) is 0.231. The molecule has 5 rings (SSSR count). The molecule has 1 heterocycles. The molecule has 2 aliphatic rings. The van der Waals surface area contributed by atoms with Crippen molar-refractivity contribution in [2.24, 2.45) is 5.73 Å². The molecule has 0 bridgehead atoms. The van der Waals surface area contributed by atoms with Crippen LogP contribution in [-0.2, 0) is 22.8 Å². The Hall–Kier alpha value is -3.81. The summed E-state index contributed by atoms with van der Waals surface area (Å²) in [6.07, 6.45) is -3.50. The number of amides is 1. The minimum atomic E-state index is -4.59. The van der Waals surface area contributed by atoms with E-state index in [2.05, 4.69) is 0 Å². The van der Waals surface area contributed by atoms with E-state index in [-0.39, 0.29) is 35.7 Å². The van der Waals surface area contributed by atoms with Crippen molar-refractivity contribution in [3.05, 3.63) is 82.9 Å². The maximum absolute atomic E-state index is 13.7. The maximum Gasteiger partial charge on any atom is 0.416 e. The Labute approximate surface area is 193 Å². The molecular formula is C26H20F3NO4. The summed E-state index contributed by atoms with van der Waals surface area (Å²) in [7, 11) is 0. The molecule has 1 saturated carbocycles. The predicted octanol–water partition coefficient (Wildman–Crippen LogP) is 5.04. The zero-order chi connectivity index (χ0) is 24.1. The van der Waals surface area contributed by atoms with E-state index in [9.17, 15) is 22.8 Å². The highest BCUT2D eigenvalue weighted by atomic mass is 19.4. The third-order valence-corrected chi connectivity index (χ3v) is 6.37. The Morgan fingerprint density at radius 2 is 1.68 bits per heavy atom. The van der Waals surface area contributed by atoms with E-state index in [0.717, 1.165) is 17.7 Å². The number of ether oxygens (including phenoxy) is 2. The Kier molecular flexibility index (Phi) is 5.11. The lowest BCUT2D eigenvalue weighted by molar-refractivity contribution is -0.137. The van der Waals surface area contributed by atoms with E-state index in [4.69, 9.17) is 15.2 Å². The Morgan fingerprint density at radius 3 is 2.38 bits per heavy atom. The molecule has 34 heavy (non-hydrogen) atoms. The number of halogens is 3. The second-order valence-electron chi connectivity index (χ2n) is 8.61. The van der Waals surface area contributed by atoms with Gasteiger partial charge in [-0.3, -0.25) is 9.59 Å². The summed E-state index contributed by atoms with van der Waals surface area (Å²) in [5.41, 5.74) is 5.62. The van der Waals surface area contributed by atoms with Crippen LogP contribution in [0.15, 0.2) is 60.7 Å². The van der Waals surface area contributed by atoms with Gasteiger partial charge in [-0.15, -0.1) is 0 Å². The van der Waals surface area contributed by atoms with Crippen molar-refractivity contribution in [3.63, 3.8) is 0 Å². The molecule has 1 amide bonds. The number of rotatable bonds is 6. The third-order valence-electron chi connectivity index (χ3n) is 6.37. The normalized spacial score (nSPS) is 15.7. The van der Waals surface area contributed by atoms with E-state index in [0.29, 0.717) is 29.9 Å². The Bertz CT molecular complexity index is 1310. The van der Waals surface area contributed by atoms with Gasteiger partial charge in [-0.1, -0.05) is 24.3 Å². The minimum absolute atomic E-state index is 0.115. The van der Waals surface area contributed by atoms with Gasteiger partial charge in [-0.2, -0.15) is 13.2 Å². The summed E-state index contributed by atoms with van der Waals surface area (Å²) in [4.78, 5) is 24.9. The largest absolute Gasteiger partial charge is 0.454 e. The number of alkyl halides is 3. The number of benzene rings is 3. The van der Waals surface area contributed by atoms with Gasteiger partial charge in [-0.25, -0.2) is 0 Å². The molecule has 0 unspecified atom stereocenters. The number of carbonyl (C=O) groups is 2. The number of ketones is 1. The molecule has 1 fully saturated rings. The average molecular weight is 467 g/mol. The first-order chi connectivity index (χ1) is 16.2. The van der Waals surface area contributed by atoms with Crippen LogP contribution in [0.4, 0.5) is 13.2 Å². The van der Waals surface area contributed by atoms with Gasteiger partial charge in [-0.05, 0) is 71.5 Å². The van der Waals surface area contributed by atoms with E-state index in [1.807, 2.05) is 6.07 Å². The maximum atomic E-state index is 13.7. The third kappa shape index (κ3) is 4.00. The molecule has 0 atom stereocenters. The summed E-state index contributed by atoms with van der Waals surface area (Å²) in [5.74, 6) is 0.339. The topological polar surface area (TPSA) is 78.6 Å². The van der Waals surface area contributed by atoms with Crippen LogP contribution in [0.2, 0.25) is 0 Å². The summed E-state index contributed by atoms with van der Waals surface area (Å²) in [5, 5.41) is 0. The van der Waals surface area contributed by atoms with Crippen molar-refractivity contribution in [1.82, 2.24) is 0 Å². The van der Waals surface area contributed by atoms with E-state index in [1.165, 1.54) is 12.1 Å². The lowest BCUT2D eigenvalue weighted by Crippen LogP contribution is -2.22. The van der Waals surface area contributed by atoms with Crippen molar-refractivity contribution >= 4 is 11.7 Å². The molecule has 174 valence electrons. The van der Waals surface area contributed by atoms with Gasteiger partial charge in [0.1, 0.15) is 5.78 Å². The molecule has 1 aliphatic carbocycles. The van der Waals surface area contributed by atoms with E-state index in [1.54, 1.807) is 30.3 Å². The van der Waals surface area contributed by atoms with Crippen molar-refractivity contribution in [2.75, 3.05) is 6.79 Å². The molecule has 2 N–H and O–H groups in total. The molecule has 8 heteroatoms. The molecule has 0 radical (unpaired) electrons. The number of carbonyl (C=O) groups excluding carboxylic acids is 2. The van der Waals surface area contributed by atoms with Gasteiger partial charge >= 0.3 is 6.18 Å². The van der Waals surface area contributed by atoms with Crippen molar-refractivity contribution in [3.8, 4) is 22.6 Å². The molecule has 3 aromatic carbocycles. The van der Waals surface area contributed by atoms with E-state index >= 15 is 0 Å². The molecule has 0 spiro atoms. The van der Waals surface area contributed by atoms with Crippen LogP contribution in [0.5, 0.6) is 11.5 Å². The highest BCUT2D eigenvalue weighted by Crippen LogP contribution is 2.51. The number of hydrogen-bond acceptors (Lipinski definition) is 4. The lowest BCUT2D eigenvalue weighted by Gasteiger charge is -2.17. The van der Waals surface area contributed by atoms with Crippen LogP contribution < -0.4 is 15.2 Å². The smallest absolute Gasteiger partial charge is 0.416 e. The summed E-state index contributed by atoms with van der Waals surface area (Å²) >= 11 is 0. The first kappa shape index (κ1) is 22.0. The quantitative estimate of drug-likeness (QED) is 0.551. The Morgan fingerprint density at radius 1 is 0.912 bits per heavy atom. The summed E-state index contributed by atoms with van der Waals surface area (Å²) in [6.45, 7) is 0.115. The molecular weight excluding hydrogens is 447 g/mol. The zero-order valence-electron chi connectivity index (χ0n) is 17.9. The highest BCUT2D eigenvalue weighted by Gasteiger charge is 2.51. The highest BCUT2D eigenvalue weighted by molar-refractivity contribution is 5.95. The van der Waals surface area contributed by atoms with Crippen LogP contribution >= 0.6 is 0 Å². The number of nitrogens with two attached hydrogens (primary N) is 1. The number of hydrogen-bond donors (Lipinski definition) is 1. The van der Waals surface area contributed by atoms with Gasteiger partial charge in [0.15, 0.2) is 11.5 Å². The van der Waals surface area contributed by atoms with Crippen LogP contribution in [-0.4, -0.2) is 18.5 Å². The lowest BCUT2D eigenvalue weighted by atomic mass is 9.86. The van der Waals surface area contributed by atoms with Crippen molar-refractivity contribution < 1.29 is 32.2 Å².